The molecule has 0 spiro atoms. The molecule has 0 saturated carbocycles. The molecular weight excluding hydrogens is 1430 g/mol. The summed E-state index contributed by atoms with van der Waals surface area (Å²) in [4.78, 5) is 136. The average molecular weight is 1500 g/mol. The van der Waals surface area contributed by atoms with E-state index >= 15 is 0 Å². The van der Waals surface area contributed by atoms with Crippen molar-refractivity contribution in [2.24, 2.45) is 17.9 Å². The molecule has 0 aliphatic carbocycles. The lowest BCUT2D eigenvalue weighted by Crippen LogP contribution is -2.23. The van der Waals surface area contributed by atoms with Crippen molar-refractivity contribution in [2.45, 2.75) is 55.0 Å². The molecule has 546 valence electrons. The summed E-state index contributed by atoms with van der Waals surface area (Å²) in [7, 11) is 12.9. The number of H-pyrrole nitrogens is 1. The van der Waals surface area contributed by atoms with Crippen LogP contribution in [0.15, 0.2) is 102 Å². The zero-order chi connectivity index (χ0) is 76.4. The van der Waals surface area contributed by atoms with Gasteiger partial charge >= 0.3 is 41.7 Å². The quantitative estimate of drug-likeness (QED) is 0.0421. The summed E-state index contributed by atoms with van der Waals surface area (Å²) in [6.07, 6.45) is 6.43. The average Bonchev–Trinajstić information content (AvgIpc) is 1.64. The van der Waals surface area contributed by atoms with Crippen molar-refractivity contribution in [2.75, 3.05) is 56.9 Å². The number of nitrogens with one attached hydrogen (secondary N) is 1. The fraction of sp³-hybridized carbons (Fsp3) is 0.275. The third-order valence-corrected chi connectivity index (χ3v) is 17.2. The van der Waals surface area contributed by atoms with Gasteiger partial charge in [-0.05, 0) is 149 Å². The van der Waals surface area contributed by atoms with Gasteiger partial charge in [-0.25, -0.2) is 34.1 Å². The van der Waals surface area contributed by atoms with Gasteiger partial charge in [-0.2, -0.15) is 13.1 Å². The highest BCUT2D eigenvalue weighted by Gasteiger charge is 2.30. The largest absolute Gasteiger partial charge is 0.497 e. The lowest BCUT2D eigenvalue weighted by atomic mass is 9.97. The van der Waals surface area contributed by atoms with Crippen LogP contribution >= 0.6 is 34.6 Å². The van der Waals surface area contributed by atoms with Gasteiger partial charge in [0.15, 0.2) is 28.5 Å². The van der Waals surface area contributed by atoms with Crippen molar-refractivity contribution in [1.29, 1.82) is 0 Å². The molecule has 8 aromatic heterocycles. The zero-order valence-corrected chi connectivity index (χ0v) is 61.3. The monoisotopic (exact) mass is 1490 g/mol. The third kappa shape index (κ3) is 17.2. The minimum absolute atomic E-state index is 0.0453. The second kappa shape index (κ2) is 32.7. The van der Waals surface area contributed by atoms with Gasteiger partial charge in [0, 0.05) is 64.4 Å². The highest BCUT2D eigenvalue weighted by Crippen LogP contribution is 2.33. The van der Waals surface area contributed by atoms with Crippen LogP contribution in [-0.2, 0) is 58.5 Å². The number of hydrogen-bond acceptors (Lipinski definition) is 32. The minimum Gasteiger partial charge on any atom is -0.497 e. The molecule has 0 bridgehead atoms. The van der Waals surface area contributed by atoms with Gasteiger partial charge in [-0.1, -0.05) is 0 Å². The number of carbonyl (C=O) groups is 10. The molecule has 12 aromatic rings. The van der Waals surface area contributed by atoms with Crippen LogP contribution < -0.4 is 18.9 Å². The molecular formula is C69H66N12O21S3. The predicted octanol–water partition coefficient (Wildman–Crippen LogP) is 9.76. The normalized spacial score (nSPS) is 11.1. The second-order valence-corrected chi connectivity index (χ2v) is 26.3. The number of hydrogen-bond donors (Lipinski definition) is 1. The van der Waals surface area contributed by atoms with Crippen LogP contribution in [0.3, 0.4) is 0 Å². The number of ether oxygens (including phenoxy) is 10. The number of esters is 6. The number of aromatic amines is 1. The molecule has 0 amide bonds. The fourth-order valence-corrected chi connectivity index (χ4v) is 11.4. The summed E-state index contributed by atoms with van der Waals surface area (Å²) in [5.74, 6) is -4.08. The Hall–Kier alpha value is -12.4. The van der Waals surface area contributed by atoms with E-state index in [1.54, 1.807) is 138 Å². The van der Waals surface area contributed by atoms with Gasteiger partial charge in [0.25, 0.3) is 29.1 Å². The van der Waals surface area contributed by atoms with Crippen molar-refractivity contribution < 1.29 is 99.7 Å². The maximum atomic E-state index is 13.1. The summed E-state index contributed by atoms with van der Waals surface area (Å²) in [5, 5.41) is 10.1. The minimum atomic E-state index is -0.847. The number of nitrogens with zero attached hydrogens (tertiary/aromatic N) is 11. The summed E-state index contributed by atoms with van der Waals surface area (Å²) in [6, 6.07) is 21.3. The van der Waals surface area contributed by atoms with Gasteiger partial charge < -0.3 is 70.5 Å². The lowest BCUT2D eigenvalue weighted by Gasteiger charge is -2.17. The Morgan fingerprint density at radius 2 is 0.781 bits per heavy atom. The maximum absolute atomic E-state index is 13.1. The molecule has 0 unspecified atom stereocenters. The molecule has 8 heterocycles. The van der Waals surface area contributed by atoms with Crippen LogP contribution in [0.4, 0.5) is 0 Å². The summed E-state index contributed by atoms with van der Waals surface area (Å²) < 4.78 is 71.7. The van der Waals surface area contributed by atoms with E-state index in [0.29, 0.717) is 61.5 Å². The number of fused-ring (bicyclic) bond motifs is 4. The van der Waals surface area contributed by atoms with E-state index < -0.39 is 52.2 Å². The van der Waals surface area contributed by atoms with Crippen LogP contribution in [0, 0.1) is 10.8 Å². The first-order chi connectivity index (χ1) is 50.0. The van der Waals surface area contributed by atoms with E-state index in [4.69, 9.17) is 32.8 Å². The first-order valence-electron chi connectivity index (χ1n) is 30.8. The van der Waals surface area contributed by atoms with Crippen molar-refractivity contribution in [3.05, 3.63) is 164 Å². The summed E-state index contributed by atoms with van der Waals surface area (Å²) in [6.45, 7) is 10.4. The molecule has 4 aromatic carbocycles. The Labute approximate surface area is 607 Å². The van der Waals surface area contributed by atoms with Gasteiger partial charge in [0.1, 0.15) is 23.0 Å². The molecule has 0 atom stereocenters. The first-order valence-corrected chi connectivity index (χ1v) is 33.1. The number of benzene rings is 4. The standard InChI is InChI=1S/C20H21N3O7.C20H21N3O6S.C15H13N3O4S.C14H11N3O4S/c1-20(2,3)19(26)29-10-23-9-13(12-8-11(27-4)6-7-14(12)23)15(24)16-21-22-17(30-16)18(25)28-5;1-20(2,3)19(26)29-10-23-9-13(12-8-11(27-4)6-7-14(12)23)15(24)17-21-16(22-30-17)18(25)28-5;1-18-7-10(9-6-8(21-2)4-5-11(9)18)12(19)14-16-13(17-23-14)15(20)22-3;1-20-7-3-4-10-8(5-7)9(6-15-10)11(18)13-16-12(17-22-13)14(19)21-2/h2*6-9H,10H2,1-5H3;4-7H,1-3H3;3-6,15H,1-2H3. The fourth-order valence-electron chi connectivity index (χ4n) is 9.58. The molecule has 0 saturated heterocycles. The van der Waals surface area contributed by atoms with E-state index in [-0.39, 0.29) is 80.9 Å². The lowest BCUT2D eigenvalue weighted by molar-refractivity contribution is -0.157. The Morgan fingerprint density at radius 3 is 1.18 bits per heavy atom. The van der Waals surface area contributed by atoms with E-state index in [9.17, 15) is 47.9 Å². The number of aryl methyl sites for hydroxylation is 1. The first kappa shape index (κ1) is 76.7. The molecule has 105 heavy (non-hydrogen) atoms. The Balaban J connectivity index is 0.000000164. The van der Waals surface area contributed by atoms with Crippen LogP contribution in [-0.4, -0.2) is 173 Å². The van der Waals surface area contributed by atoms with Crippen molar-refractivity contribution in [3.63, 3.8) is 0 Å². The van der Waals surface area contributed by atoms with Crippen LogP contribution in [0.2, 0.25) is 0 Å². The third-order valence-electron chi connectivity index (χ3n) is 15.1. The highest BCUT2D eigenvalue weighted by molar-refractivity contribution is 7.08. The number of rotatable bonds is 20. The summed E-state index contributed by atoms with van der Waals surface area (Å²) >= 11 is 2.54. The maximum Gasteiger partial charge on any atom is 0.396 e. The van der Waals surface area contributed by atoms with Gasteiger partial charge in [0.05, 0.1) is 101 Å². The Bertz CT molecular complexity index is 5150. The van der Waals surface area contributed by atoms with Crippen molar-refractivity contribution in [1.82, 2.24) is 57.0 Å². The molecule has 0 aliphatic heterocycles. The van der Waals surface area contributed by atoms with Crippen LogP contribution in [0.1, 0.15) is 146 Å². The zero-order valence-electron chi connectivity index (χ0n) is 58.9. The van der Waals surface area contributed by atoms with Crippen molar-refractivity contribution in [3.8, 4) is 23.0 Å². The van der Waals surface area contributed by atoms with E-state index in [0.717, 1.165) is 63.5 Å². The molecule has 33 nitrogen and oxygen atoms in total. The van der Waals surface area contributed by atoms with Gasteiger partial charge in [0.2, 0.25) is 17.3 Å². The topological polar surface area (TPSA) is 410 Å². The molecule has 0 aliphatic rings. The smallest absolute Gasteiger partial charge is 0.396 e. The van der Waals surface area contributed by atoms with Gasteiger partial charge in [-0.15, -0.1) is 10.2 Å². The molecule has 0 radical (unpaired) electrons. The SMILES string of the molecule is COC(=O)c1nnc(C(=O)c2cn(COC(=O)C(C)(C)C)c3ccc(OC)cc23)o1.COC(=O)c1nsc(C(=O)c2c[nH]c3ccc(OC)cc23)n1.COC(=O)c1nsc(C(=O)c2cn(C)c3ccc(OC)cc23)n1.COC(=O)c1nsc(C(=O)c2cn(COC(=O)C(C)(C)C)c3ccc(OC)cc23)n1. The van der Waals surface area contributed by atoms with Crippen LogP contribution in [0.25, 0.3) is 43.6 Å². The van der Waals surface area contributed by atoms with Crippen LogP contribution in [0.5, 0.6) is 23.0 Å². The van der Waals surface area contributed by atoms with E-state index in [1.807, 2.05) is 29.8 Å². The summed E-state index contributed by atoms with van der Waals surface area (Å²) in [5.41, 5.74) is 3.16. The molecule has 1 N–H and O–H groups in total. The predicted molar refractivity (Wildman–Crippen MR) is 376 cm³/mol. The molecule has 36 heteroatoms. The highest BCUT2D eigenvalue weighted by atomic mass is 32.1. The number of aromatic nitrogens is 12. The van der Waals surface area contributed by atoms with Crippen molar-refractivity contribution >= 4 is 137 Å². The second-order valence-electron chi connectivity index (χ2n) is 24.0. The van der Waals surface area contributed by atoms with E-state index in [1.165, 1.54) is 41.7 Å². The Morgan fingerprint density at radius 1 is 0.429 bits per heavy atom. The van der Waals surface area contributed by atoms with Gasteiger partial charge in [-0.3, -0.25) is 28.8 Å². The number of ketones is 4. The molecule has 12 rings (SSSR count). The number of methoxy groups -OCH3 is 8. The molecule has 0 fully saturated rings. The van der Waals surface area contributed by atoms with E-state index in [2.05, 4.69) is 62.2 Å². The Kier molecular flexibility index (Phi) is 23.9. The number of carbonyl (C=O) groups excluding carboxylic acids is 10.